The van der Waals surface area contributed by atoms with Crippen LogP contribution in [0.3, 0.4) is 0 Å². The van der Waals surface area contributed by atoms with E-state index in [1.807, 2.05) is 0 Å². The lowest BCUT2D eigenvalue weighted by Crippen LogP contribution is -2.27. The molecule has 2 fully saturated rings. The number of ether oxygens (including phenoxy) is 1. The Labute approximate surface area is 157 Å². The highest BCUT2D eigenvalue weighted by Gasteiger charge is 2.61. The minimum atomic E-state index is -0.357. The van der Waals surface area contributed by atoms with Gasteiger partial charge in [0, 0.05) is 17.4 Å². The molecule has 1 aliphatic heterocycles. The van der Waals surface area contributed by atoms with Gasteiger partial charge in [-0.2, -0.15) is 10.2 Å². The number of hydrogen-bond acceptors (Lipinski definition) is 5. The molecule has 1 saturated heterocycles. The van der Waals surface area contributed by atoms with Crippen LogP contribution in [-0.4, -0.2) is 44.0 Å². The average Bonchev–Trinajstić information content (AvgIpc) is 3.05. The van der Waals surface area contributed by atoms with Gasteiger partial charge >= 0.3 is 0 Å². The van der Waals surface area contributed by atoms with Crippen molar-refractivity contribution in [3.8, 4) is 0 Å². The number of aromatic nitrogens is 4. The van der Waals surface area contributed by atoms with Gasteiger partial charge in [0.15, 0.2) is 5.52 Å². The predicted molar refractivity (Wildman–Crippen MR) is 95.1 cm³/mol. The van der Waals surface area contributed by atoms with Crippen LogP contribution in [-0.2, 0) is 11.3 Å². The fraction of sp³-hybridized carbons (Fsp3) is 0.389. The maximum Gasteiger partial charge on any atom is 0.295 e. The molecule has 4 atom stereocenters. The number of fused-ring (bicyclic) bond motifs is 2. The molecule has 7 nitrogen and oxygen atoms in total. The summed E-state index contributed by atoms with van der Waals surface area (Å²) in [5.41, 5.74) is 0.302. The number of aliphatic hydroxyl groups is 1. The van der Waals surface area contributed by atoms with Gasteiger partial charge in [-0.15, -0.1) is 0 Å². The van der Waals surface area contributed by atoms with Crippen LogP contribution >= 0.6 is 11.6 Å². The second-order valence-electron chi connectivity index (χ2n) is 6.98. The Bertz CT molecular complexity index is 1100. The molecule has 3 aromatic rings. The number of benzene rings is 1. The highest BCUT2D eigenvalue weighted by molar-refractivity contribution is 6.34. The van der Waals surface area contributed by atoms with E-state index in [2.05, 4.69) is 10.2 Å². The van der Waals surface area contributed by atoms with E-state index < -0.39 is 0 Å². The summed E-state index contributed by atoms with van der Waals surface area (Å²) in [6.45, 7) is 0.557. The molecule has 27 heavy (non-hydrogen) atoms. The Morgan fingerprint density at radius 2 is 2.19 bits per heavy atom. The highest BCUT2D eigenvalue weighted by atomic mass is 35.5. The molecule has 2 aliphatic rings. The van der Waals surface area contributed by atoms with Crippen LogP contribution < -0.4 is 5.56 Å². The molecule has 1 aromatic carbocycles. The van der Waals surface area contributed by atoms with Gasteiger partial charge < -0.3 is 9.84 Å². The zero-order valence-corrected chi connectivity index (χ0v) is 14.9. The van der Waals surface area contributed by atoms with Gasteiger partial charge in [-0.3, -0.25) is 4.79 Å². The van der Waals surface area contributed by atoms with Gasteiger partial charge in [0.2, 0.25) is 0 Å². The lowest BCUT2D eigenvalue weighted by Gasteiger charge is -2.12. The molecule has 9 heteroatoms. The van der Waals surface area contributed by atoms with Crippen molar-refractivity contribution in [1.82, 2.24) is 19.6 Å². The minimum Gasteiger partial charge on any atom is -0.394 e. The predicted octanol–water partition coefficient (Wildman–Crippen LogP) is 1.61. The maximum atomic E-state index is 13.9. The molecule has 1 N–H and O–H groups in total. The lowest BCUT2D eigenvalue weighted by molar-refractivity contribution is 0.0249. The Morgan fingerprint density at radius 1 is 1.37 bits per heavy atom. The fourth-order valence-corrected chi connectivity index (χ4v) is 4.30. The standard InChI is InChI=1S/C18H16ClFN4O3/c19-17-10-5-21-24(16-11-8-27-13(7-25)14(11)16)18(26)15(10)22-23(17)6-9-3-1-2-4-12(9)20/h1-5,11,13-14,16,25H,6-8H2/t11-,13+,14-,16+/m1/s1. The third-order valence-corrected chi connectivity index (χ3v) is 5.90. The van der Waals surface area contributed by atoms with Crippen LogP contribution in [0.15, 0.2) is 35.3 Å². The summed E-state index contributed by atoms with van der Waals surface area (Å²) in [6, 6.07) is 6.26. The number of hydrogen-bond donors (Lipinski definition) is 1. The van der Waals surface area contributed by atoms with Crippen molar-refractivity contribution in [1.29, 1.82) is 0 Å². The number of rotatable bonds is 4. The summed E-state index contributed by atoms with van der Waals surface area (Å²) in [5, 5.41) is 18.7. The van der Waals surface area contributed by atoms with Crippen LogP contribution in [0.2, 0.25) is 5.15 Å². The Morgan fingerprint density at radius 3 is 2.96 bits per heavy atom. The molecule has 140 valence electrons. The van der Waals surface area contributed by atoms with Crippen molar-refractivity contribution in [2.75, 3.05) is 13.2 Å². The Balaban J connectivity index is 1.52. The lowest BCUT2D eigenvalue weighted by atomic mass is 10.2. The van der Waals surface area contributed by atoms with Crippen LogP contribution in [0, 0.1) is 17.7 Å². The second kappa shape index (κ2) is 6.12. The van der Waals surface area contributed by atoms with E-state index in [9.17, 15) is 14.3 Å². The third kappa shape index (κ3) is 2.51. The minimum absolute atomic E-state index is 0.0717. The van der Waals surface area contributed by atoms with Crippen LogP contribution in [0.5, 0.6) is 0 Å². The quantitative estimate of drug-likeness (QED) is 0.732. The molecule has 0 spiro atoms. The van der Waals surface area contributed by atoms with Crippen molar-refractivity contribution < 1.29 is 14.2 Å². The first kappa shape index (κ1) is 16.9. The van der Waals surface area contributed by atoms with E-state index in [0.29, 0.717) is 17.6 Å². The van der Waals surface area contributed by atoms with Crippen LogP contribution in [0.25, 0.3) is 10.9 Å². The van der Waals surface area contributed by atoms with Crippen molar-refractivity contribution in [3.63, 3.8) is 0 Å². The van der Waals surface area contributed by atoms with Crippen LogP contribution in [0.4, 0.5) is 4.39 Å². The SMILES string of the molecule is O=c1c2nn(Cc3ccccc3F)c(Cl)c2cnn1[C@H]1[C@@H]2CO[C@@H](CO)[C@@H]21. The van der Waals surface area contributed by atoms with Gasteiger partial charge in [-0.1, -0.05) is 29.8 Å². The number of halogens is 2. The molecular formula is C18H16ClFN4O3. The Kier molecular flexibility index (Phi) is 3.82. The van der Waals surface area contributed by atoms with Gasteiger partial charge in [0.1, 0.15) is 11.0 Å². The van der Waals surface area contributed by atoms with Gasteiger partial charge in [0.05, 0.1) is 43.5 Å². The maximum absolute atomic E-state index is 13.9. The Hall–Kier alpha value is -2.29. The number of aliphatic hydroxyl groups excluding tert-OH is 1. The molecule has 1 saturated carbocycles. The topological polar surface area (TPSA) is 82.2 Å². The van der Waals surface area contributed by atoms with Crippen LogP contribution in [0.1, 0.15) is 11.6 Å². The molecule has 0 radical (unpaired) electrons. The first-order valence-corrected chi connectivity index (χ1v) is 9.07. The van der Waals surface area contributed by atoms with Crippen molar-refractivity contribution in [2.24, 2.45) is 11.8 Å². The first-order chi connectivity index (χ1) is 13.1. The second-order valence-corrected chi connectivity index (χ2v) is 7.34. The smallest absolute Gasteiger partial charge is 0.295 e. The van der Waals surface area contributed by atoms with Gasteiger partial charge in [0.25, 0.3) is 5.56 Å². The summed E-state index contributed by atoms with van der Waals surface area (Å²) in [6.07, 6.45) is 1.26. The zero-order chi connectivity index (χ0) is 18.7. The van der Waals surface area contributed by atoms with E-state index in [0.717, 1.165) is 0 Å². The van der Waals surface area contributed by atoms with E-state index in [1.165, 1.54) is 21.6 Å². The van der Waals surface area contributed by atoms with Gasteiger partial charge in [-0.25, -0.2) is 13.8 Å². The molecule has 0 amide bonds. The first-order valence-electron chi connectivity index (χ1n) is 8.70. The summed E-state index contributed by atoms with van der Waals surface area (Å²) < 4.78 is 22.2. The molecule has 1 aliphatic carbocycles. The number of nitrogens with zero attached hydrogens (tertiary/aromatic N) is 4. The van der Waals surface area contributed by atoms with Crippen molar-refractivity contribution >= 4 is 22.5 Å². The normalized spacial score (nSPS) is 26.5. The summed E-state index contributed by atoms with van der Waals surface area (Å²) in [4.78, 5) is 12.9. The highest BCUT2D eigenvalue weighted by Crippen LogP contribution is 2.56. The summed E-state index contributed by atoms with van der Waals surface area (Å²) in [7, 11) is 0. The summed E-state index contributed by atoms with van der Waals surface area (Å²) in [5.74, 6) is -0.0843. The monoisotopic (exact) mass is 390 g/mol. The molecule has 0 unspecified atom stereocenters. The van der Waals surface area contributed by atoms with E-state index >= 15 is 0 Å². The van der Waals surface area contributed by atoms with Gasteiger partial charge in [-0.05, 0) is 6.07 Å². The largest absolute Gasteiger partial charge is 0.394 e. The van der Waals surface area contributed by atoms with E-state index in [-0.39, 0.29) is 59.2 Å². The fourth-order valence-electron chi connectivity index (χ4n) is 4.07. The van der Waals surface area contributed by atoms with Crippen molar-refractivity contribution in [2.45, 2.75) is 18.7 Å². The molecule has 2 aromatic heterocycles. The van der Waals surface area contributed by atoms with E-state index in [4.69, 9.17) is 16.3 Å². The van der Waals surface area contributed by atoms with Crippen molar-refractivity contribution in [3.05, 3.63) is 57.3 Å². The zero-order valence-electron chi connectivity index (χ0n) is 14.1. The van der Waals surface area contributed by atoms with E-state index in [1.54, 1.807) is 18.2 Å². The third-order valence-electron chi connectivity index (χ3n) is 5.51. The molecular weight excluding hydrogens is 375 g/mol. The average molecular weight is 391 g/mol. The summed E-state index contributed by atoms with van der Waals surface area (Å²) >= 11 is 6.36. The molecule has 0 bridgehead atoms. The molecule has 3 heterocycles. The molecule has 5 rings (SSSR count).